The number of aromatic amines is 1. The van der Waals surface area contributed by atoms with Crippen LogP contribution in [0.15, 0.2) is 84.4 Å². The highest BCUT2D eigenvalue weighted by Gasteiger charge is 2.11. The number of H-pyrrole nitrogens is 1. The van der Waals surface area contributed by atoms with Crippen LogP contribution < -0.4 is 10.6 Å². The van der Waals surface area contributed by atoms with Gasteiger partial charge in [-0.2, -0.15) is 5.10 Å². The topological polar surface area (TPSA) is 86.9 Å². The van der Waals surface area contributed by atoms with E-state index in [9.17, 15) is 9.59 Å². The molecule has 0 bridgehead atoms. The Bertz CT molecular complexity index is 1450. The summed E-state index contributed by atoms with van der Waals surface area (Å²) in [5, 5.41) is 15.6. The van der Waals surface area contributed by atoms with Gasteiger partial charge in [-0.05, 0) is 77.5 Å². The van der Waals surface area contributed by atoms with Gasteiger partial charge in [0.2, 0.25) is 0 Å². The SMILES string of the molecule is Cc1ccc(NC(=O)c2cccs2)cc1-c1ccc(C(=O)Nc2ccc3cn[nH]c3c2)cc1. The molecule has 0 spiro atoms. The fraction of sp³-hybridized carbons (Fsp3) is 0.0385. The molecule has 162 valence electrons. The first-order chi connectivity index (χ1) is 16.1. The summed E-state index contributed by atoms with van der Waals surface area (Å²) in [7, 11) is 0. The van der Waals surface area contributed by atoms with Gasteiger partial charge in [0.05, 0.1) is 16.6 Å². The summed E-state index contributed by atoms with van der Waals surface area (Å²) in [5.74, 6) is -0.311. The number of hydrogen-bond donors (Lipinski definition) is 3. The van der Waals surface area contributed by atoms with Crippen molar-refractivity contribution in [2.75, 3.05) is 10.6 Å². The third kappa shape index (κ3) is 4.40. The van der Waals surface area contributed by atoms with Crippen LogP contribution in [0.4, 0.5) is 11.4 Å². The second kappa shape index (κ2) is 8.72. The number of anilines is 2. The predicted molar refractivity (Wildman–Crippen MR) is 133 cm³/mol. The fourth-order valence-corrected chi connectivity index (χ4v) is 4.25. The largest absolute Gasteiger partial charge is 0.322 e. The van der Waals surface area contributed by atoms with Crippen molar-refractivity contribution in [3.8, 4) is 11.1 Å². The number of benzene rings is 3. The summed E-state index contributed by atoms with van der Waals surface area (Å²) < 4.78 is 0. The number of carbonyl (C=O) groups is 2. The third-order valence-electron chi connectivity index (χ3n) is 5.40. The van der Waals surface area contributed by atoms with Crippen LogP contribution in [0.3, 0.4) is 0 Å². The Labute approximate surface area is 194 Å². The van der Waals surface area contributed by atoms with Crippen molar-refractivity contribution in [1.82, 2.24) is 10.2 Å². The van der Waals surface area contributed by atoms with Crippen LogP contribution in [-0.2, 0) is 0 Å². The third-order valence-corrected chi connectivity index (χ3v) is 6.27. The lowest BCUT2D eigenvalue weighted by Crippen LogP contribution is -2.11. The zero-order valence-electron chi connectivity index (χ0n) is 17.8. The Balaban J connectivity index is 1.33. The zero-order chi connectivity index (χ0) is 22.8. The van der Waals surface area contributed by atoms with E-state index in [1.165, 1.54) is 11.3 Å². The average molecular weight is 453 g/mol. The van der Waals surface area contributed by atoms with E-state index in [2.05, 4.69) is 20.8 Å². The first-order valence-corrected chi connectivity index (χ1v) is 11.3. The number of hydrogen-bond acceptors (Lipinski definition) is 4. The lowest BCUT2D eigenvalue weighted by Gasteiger charge is -2.11. The molecule has 0 saturated heterocycles. The van der Waals surface area contributed by atoms with Gasteiger partial charge in [-0.15, -0.1) is 11.3 Å². The lowest BCUT2D eigenvalue weighted by atomic mass is 9.98. The molecule has 2 heterocycles. The Hall–Kier alpha value is -4.23. The molecular formula is C26H20N4O2S. The molecule has 0 unspecified atom stereocenters. The van der Waals surface area contributed by atoms with Crippen molar-refractivity contribution in [3.63, 3.8) is 0 Å². The first kappa shape index (κ1) is 20.7. The van der Waals surface area contributed by atoms with Crippen molar-refractivity contribution in [2.45, 2.75) is 6.92 Å². The summed E-state index contributed by atoms with van der Waals surface area (Å²) in [6, 6.07) is 22.5. The van der Waals surface area contributed by atoms with Gasteiger partial charge < -0.3 is 10.6 Å². The summed E-state index contributed by atoms with van der Waals surface area (Å²) in [5.41, 5.74) is 5.89. The maximum absolute atomic E-state index is 12.7. The van der Waals surface area contributed by atoms with Crippen LogP contribution in [0.5, 0.6) is 0 Å². The van der Waals surface area contributed by atoms with Crippen LogP contribution >= 0.6 is 11.3 Å². The van der Waals surface area contributed by atoms with Gasteiger partial charge in [0.15, 0.2) is 0 Å². The summed E-state index contributed by atoms with van der Waals surface area (Å²) in [4.78, 5) is 25.8. The van der Waals surface area contributed by atoms with E-state index in [-0.39, 0.29) is 11.8 Å². The monoisotopic (exact) mass is 452 g/mol. The number of carbonyl (C=O) groups excluding carboxylic acids is 2. The fourth-order valence-electron chi connectivity index (χ4n) is 3.63. The molecule has 2 amide bonds. The Kier molecular flexibility index (Phi) is 5.46. The molecule has 3 N–H and O–H groups in total. The molecule has 5 aromatic rings. The Morgan fingerprint density at radius 2 is 1.64 bits per heavy atom. The summed E-state index contributed by atoms with van der Waals surface area (Å²) >= 11 is 1.40. The number of thiophene rings is 1. The maximum Gasteiger partial charge on any atom is 0.265 e. The first-order valence-electron chi connectivity index (χ1n) is 10.4. The van der Waals surface area contributed by atoms with E-state index in [1.54, 1.807) is 24.4 Å². The van der Waals surface area contributed by atoms with Gasteiger partial charge in [0, 0.05) is 22.3 Å². The van der Waals surface area contributed by atoms with Crippen LogP contribution in [-0.4, -0.2) is 22.0 Å². The molecule has 5 rings (SSSR count). The van der Waals surface area contributed by atoms with Gasteiger partial charge in [0.1, 0.15) is 0 Å². The predicted octanol–water partition coefficient (Wildman–Crippen LogP) is 6.10. The van der Waals surface area contributed by atoms with E-state index >= 15 is 0 Å². The molecule has 0 atom stereocenters. The van der Waals surface area contributed by atoms with Gasteiger partial charge in [-0.1, -0.05) is 24.3 Å². The summed E-state index contributed by atoms with van der Waals surface area (Å²) in [6.45, 7) is 2.02. The molecule has 3 aromatic carbocycles. The van der Waals surface area contributed by atoms with E-state index < -0.39 is 0 Å². The number of aryl methyl sites for hydroxylation is 1. The van der Waals surface area contributed by atoms with E-state index in [4.69, 9.17) is 0 Å². The van der Waals surface area contributed by atoms with Gasteiger partial charge in [-0.25, -0.2) is 0 Å². The smallest absolute Gasteiger partial charge is 0.265 e. The Morgan fingerprint density at radius 3 is 2.42 bits per heavy atom. The molecule has 0 fully saturated rings. The molecule has 2 aromatic heterocycles. The van der Waals surface area contributed by atoms with Crippen LogP contribution in [0.2, 0.25) is 0 Å². The quantitative estimate of drug-likeness (QED) is 0.301. The number of fused-ring (bicyclic) bond motifs is 1. The normalized spacial score (nSPS) is 10.8. The molecule has 0 radical (unpaired) electrons. The number of rotatable bonds is 5. The molecule has 0 aliphatic carbocycles. The minimum Gasteiger partial charge on any atom is -0.322 e. The average Bonchev–Trinajstić information content (AvgIpc) is 3.52. The van der Waals surface area contributed by atoms with E-state index in [0.717, 1.165) is 33.3 Å². The van der Waals surface area contributed by atoms with E-state index in [0.29, 0.717) is 16.1 Å². The molecule has 7 heteroatoms. The van der Waals surface area contributed by atoms with Gasteiger partial charge in [0.25, 0.3) is 11.8 Å². The van der Waals surface area contributed by atoms with Crippen LogP contribution in [0, 0.1) is 6.92 Å². The standard InChI is InChI=1S/C26H20N4O2S/c1-16-4-10-20(29-26(32)24-3-2-12-33-24)13-22(16)17-5-7-18(8-6-17)25(31)28-21-11-9-19-15-27-30-23(19)14-21/h2-15H,1H3,(H,27,30)(H,28,31)(H,29,32). The number of aromatic nitrogens is 2. The Morgan fingerprint density at radius 1 is 0.879 bits per heavy atom. The molecule has 0 saturated carbocycles. The minimum atomic E-state index is -0.186. The van der Waals surface area contributed by atoms with Crippen molar-refractivity contribution < 1.29 is 9.59 Å². The molecule has 33 heavy (non-hydrogen) atoms. The van der Waals surface area contributed by atoms with E-state index in [1.807, 2.05) is 66.9 Å². The van der Waals surface area contributed by atoms with Crippen molar-refractivity contribution in [2.24, 2.45) is 0 Å². The number of amides is 2. The van der Waals surface area contributed by atoms with Crippen molar-refractivity contribution in [1.29, 1.82) is 0 Å². The van der Waals surface area contributed by atoms with Crippen LogP contribution in [0.25, 0.3) is 22.0 Å². The minimum absolute atomic E-state index is 0.125. The molecule has 0 aliphatic rings. The highest BCUT2D eigenvalue weighted by atomic mass is 32.1. The number of nitrogens with zero attached hydrogens (tertiary/aromatic N) is 1. The van der Waals surface area contributed by atoms with Crippen molar-refractivity contribution in [3.05, 3.63) is 100 Å². The molecular weight excluding hydrogens is 432 g/mol. The number of nitrogens with one attached hydrogen (secondary N) is 3. The zero-order valence-corrected chi connectivity index (χ0v) is 18.6. The van der Waals surface area contributed by atoms with Gasteiger partial charge in [-0.3, -0.25) is 14.7 Å². The highest BCUT2D eigenvalue weighted by molar-refractivity contribution is 7.12. The second-order valence-electron chi connectivity index (χ2n) is 7.66. The molecule has 0 aliphatic heterocycles. The summed E-state index contributed by atoms with van der Waals surface area (Å²) in [6.07, 6.45) is 1.74. The lowest BCUT2D eigenvalue weighted by molar-refractivity contribution is 0.102. The highest BCUT2D eigenvalue weighted by Crippen LogP contribution is 2.28. The van der Waals surface area contributed by atoms with Crippen molar-refractivity contribution >= 4 is 45.4 Å². The van der Waals surface area contributed by atoms with Crippen LogP contribution in [0.1, 0.15) is 25.6 Å². The van der Waals surface area contributed by atoms with Gasteiger partial charge >= 0.3 is 0 Å². The second-order valence-corrected chi connectivity index (χ2v) is 8.61. The molecule has 6 nitrogen and oxygen atoms in total. The maximum atomic E-state index is 12.7.